The van der Waals surface area contributed by atoms with Crippen LogP contribution < -0.4 is 0 Å². The lowest BCUT2D eigenvalue weighted by Crippen LogP contribution is -2.41. The molecule has 2 bridgehead atoms. The van der Waals surface area contributed by atoms with Crippen molar-refractivity contribution in [2.24, 2.45) is 23.7 Å². The summed E-state index contributed by atoms with van der Waals surface area (Å²) in [5.41, 5.74) is 0. The molecule has 0 amide bonds. The second-order valence-corrected chi connectivity index (χ2v) is 4.67. The number of rotatable bonds is 1. The summed E-state index contributed by atoms with van der Waals surface area (Å²) >= 11 is 0. The van der Waals surface area contributed by atoms with Gasteiger partial charge in [-0.15, -0.1) is 0 Å². The average Bonchev–Trinajstić information content (AvgIpc) is 2.80. The third-order valence-electron chi connectivity index (χ3n) is 4.21. The van der Waals surface area contributed by atoms with Gasteiger partial charge in [0.05, 0.1) is 25.2 Å². The lowest BCUT2D eigenvalue weighted by atomic mass is 9.78. The van der Waals surface area contributed by atoms with E-state index in [1.807, 2.05) is 0 Å². The van der Waals surface area contributed by atoms with Gasteiger partial charge in [0.15, 0.2) is 6.29 Å². The Morgan fingerprint density at radius 2 is 2.13 bits per heavy atom. The van der Waals surface area contributed by atoms with Crippen molar-refractivity contribution in [2.45, 2.75) is 24.9 Å². The van der Waals surface area contributed by atoms with Crippen LogP contribution in [-0.4, -0.2) is 41.8 Å². The molecular weight excluding hydrogens is 200 g/mol. The Kier molecular flexibility index (Phi) is 1.87. The topological polar surface area (TPSA) is 76.0 Å². The molecule has 84 valence electrons. The Morgan fingerprint density at radius 3 is 2.80 bits per heavy atom. The molecule has 0 aromatic heterocycles. The normalized spacial score (nSPS) is 56.1. The minimum atomic E-state index is -0.925. The zero-order valence-corrected chi connectivity index (χ0v) is 8.37. The third-order valence-corrected chi connectivity index (χ3v) is 4.21. The monoisotopic (exact) mass is 214 g/mol. The Morgan fingerprint density at radius 1 is 1.40 bits per heavy atom. The molecule has 0 aromatic rings. The number of aliphatic hydroxyl groups excluding tert-OH is 2. The van der Waals surface area contributed by atoms with Crippen LogP contribution in [0.3, 0.4) is 0 Å². The SMILES string of the molecule is COC(=O)C1C2C3C[C@H]1C(O)[C@@H]3O[C@@H]2O. The summed E-state index contributed by atoms with van der Waals surface area (Å²) in [6, 6.07) is 0. The van der Waals surface area contributed by atoms with E-state index in [0.29, 0.717) is 0 Å². The van der Waals surface area contributed by atoms with Crippen LogP contribution in [0.25, 0.3) is 0 Å². The predicted octanol–water partition coefficient (Wildman–Crippen LogP) is -0.880. The molecule has 1 aliphatic heterocycles. The number of methoxy groups -OCH3 is 1. The van der Waals surface area contributed by atoms with Gasteiger partial charge in [-0.05, 0) is 12.3 Å². The Bertz CT molecular complexity index is 304. The van der Waals surface area contributed by atoms with Gasteiger partial charge in [0.1, 0.15) is 0 Å². The summed E-state index contributed by atoms with van der Waals surface area (Å²) in [6.07, 6.45) is -1.08. The van der Waals surface area contributed by atoms with Crippen LogP contribution in [0, 0.1) is 23.7 Å². The maximum atomic E-state index is 11.6. The lowest BCUT2D eigenvalue weighted by molar-refractivity contribution is -0.153. The van der Waals surface area contributed by atoms with Crippen molar-refractivity contribution < 1.29 is 24.5 Å². The summed E-state index contributed by atoms with van der Waals surface area (Å²) in [5, 5.41) is 19.6. The molecule has 3 rings (SSSR count). The molecule has 5 nitrogen and oxygen atoms in total. The van der Waals surface area contributed by atoms with Crippen molar-refractivity contribution in [3.8, 4) is 0 Å². The van der Waals surface area contributed by atoms with Crippen molar-refractivity contribution in [3.05, 3.63) is 0 Å². The quantitative estimate of drug-likeness (QED) is 0.554. The number of hydrogen-bond donors (Lipinski definition) is 2. The fourth-order valence-corrected chi connectivity index (χ4v) is 3.66. The predicted molar refractivity (Wildman–Crippen MR) is 47.5 cm³/mol. The smallest absolute Gasteiger partial charge is 0.309 e. The number of esters is 1. The fraction of sp³-hybridized carbons (Fsp3) is 0.900. The largest absolute Gasteiger partial charge is 0.469 e. The van der Waals surface area contributed by atoms with E-state index in [9.17, 15) is 15.0 Å². The zero-order valence-electron chi connectivity index (χ0n) is 8.37. The molecule has 0 aromatic carbocycles. The first-order chi connectivity index (χ1) is 7.15. The van der Waals surface area contributed by atoms with Crippen LogP contribution in [0.4, 0.5) is 0 Å². The summed E-state index contributed by atoms with van der Waals surface area (Å²) in [4.78, 5) is 11.6. The van der Waals surface area contributed by atoms with Gasteiger partial charge in [0, 0.05) is 11.8 Å². The van der Waals surface area contributed by atoms with Crippen molar-refractivity contribution in [1.82, 2.24) is 0 Å². The molecular formula is C10H14O5. The molecule has 1 saturated heterocycles. The third kappa shape index (κ3) is 1.01. The number of hydrogen-bond acceptors (Lipinski definition) is 5. The number of ether oxygens (including phenoxy) is 2. The van der Waals surface area contributed by atoms with Crippen LogP contribution in [0.1, 0.15) is 6.42 Å². The van der Waals surface area contributed by atoms with E-state index in [-0.39, 0.29) is 29.8 Å². The highest BCUT2D eigenvalue weighted by molar-refractivity contribution is 5.74. The molecule has 5 heteroatoms. The standard InChI is InChI=1S/C10H14O5/c1-14-9(12)5-3-2-4-6(5)10(13)15-8(4)7(3)11/h3-8,10-11,13H,2H2,1H3/t3-,4?,5?,6?,7?,8-,10+/m1/s1. The Balaban J connectivity index is 1.95. The molecule has 3 fully saturated rings. The van der Waals surface area contributed by atoms with Gasteiger partial charge in [-0.3, -0.25) is 4.79 Å². The minimum absolute atomic E-state index is 0.102. The molecule has 1 heterocycles. The van der Waals surface area contributed by atoms with E-state index >= 15 is 0 Å². The molecule has 15 heavy (non-hydrogen) atoms. The first-order valence-electron chi connectivity index (χ1n) is 5.24. The number of aliphatic hydroxyl groups is 2. The first kappa shape index (κ1) is 9.57. The zero-order chi connectivity index (χ0) is 10.7. The second-order valence-electron chi connectivity index (χ2n) is 4.67. The number of fused-ring (bicyclic) bond motifs is 1. The molecule has 2 N–H and O–H groups in total. The number of carbonyl (C=O) groups excluding carboxylic acids is 1. The summed E-state index contributed by atoms with van der Waals surface area (Å²) in [7, 11) is 1.33. The maximum absolute atomic E-state index is 11.6. The molecule has 4 unspecified atom stereocenters. The van der Waals surface area contributed by atoms with E-state index in [4.69, 9.17) is 9.47 Å². The highest BCUT2D eigenvalue weighted by atomic mass is 16.6. The molecule has 0 radical (unpaired) electrons. The molecule has 7 atom stereocenters. The van der Waals surface area contributed by atoms with Crippen molar-refractivity contribution in [1.29, 1.82) is 0 Å². The highest BCUT2D eigenvalue weighted by Gasteiger charge is 2.67. The van der Waals surface area contributed by atoms with E-state index in [2.05, 4.69) is 0 Å². The van der Waals surface area contributed by atoms with Gasteiger partial charge in [-0.1, -0.05) is 0 Å². The van der Waals surface area contributed by atoms with Crippen molar-refractivity contribution >= 4 is 5.97 Å². The molecule has 0 spiro atoms. The van der Waals surface area contributed by atoms with Crippen LogP contribution >= 0.6 is 0 Å². The summed E-state index contributed by atoms with van der Waals surface area (Å²) < 4.78 is 9.99. The van der Waals surface area contributed by atoms with Crippen LogP contribution in [0.2, 0.25) is 0 Å². The van der Waals surface area contributed by atoms with E-state index < -0.39 is 18.3 Å². The van der Waals surface area contributed by atoms with Gasteiger partial charge in [0.25, 0.3) is 0 Å². The van der Waals surface area contributed by atoms with Crippen LogP contribution in [0.5, 0.6) is 0 Å². The van der Waals surface area contributed by atoms with Gasteiger partial charge in [-0.2, -0.15) is 0 Å². The average molecular weight is 214 g/mol. The van der Waals surface area contributed by atoms with Crippen LogP contribution in [0.15, 0.2) is 0 Å². The van der Waals surface area contributed by atoms with Gasteiger partial charge in [-0.25, -0.2) is 0 Å². The highest BCUT2D eigenvalue weighted by Crippen LogP contribution is 2.59. The molecule has 2 saturated carbocycles. The van der Waals surface area contributed by atoms with Crippen molar-refractivity contribution in [2.75, 3.05) is 7.11 Å². The van der Waals surface area contributed by atoms with Crippen molar-refractivity contribution in [3.63, 3.8) is 0 Å². The Labute approximate surface area is 87.0 Å². The molecule has 2 aliphatic carbocycles. The van der Waals surface area contributed by atoms with Gasteiger partial charge < -0.3 is 19.7 Å². The summed E-state index contributed by atoms with van der Waals surface area (Å²) in [6.45, 7) is 0. The Hall–Kier alpha value is -0.650. The van der Waals surface area contributed by atoms with E-state index in [1.165, 1.54) is 7.11 Å². The van der Waals surface area contributed by atoms with Gasteiger partial charge in [0.2, 0.25) is 0 Å². The summed E-state index contributed by atoms with van der Waals surface area (Å²) in [5.74, 6) is -0.909. The lowest BCUT2D eigenvalue weighted by Gasteiger charge is -2.28. The molecule has 3 aliphatic rings. The fourth-order valence-electron chi connectivity index (χ4n) is 3.66. The van der Waals surface area contributed by atoms with E-state index in [1.54, 1.807) is 0 Å². The van der Waals surface area contributed by atoms with E-state index in [0.717, 1.165) is 6.42 Å². The second kappa shape index (κ2) is 2.93. The number of carbonyl (C=O) groups is 1. The maximum Gasteiger partial charge on any atom is 0.309 e. The first-order valence-corrected chi connectivity index (χ1v) is 5.24. The van der Waals surface area contributed by atoms with Gasteiger partial charge >= 0.3 is 5.97 Å². The minimum Gasteiger partial charge on any atom is -0.469 e. The van der Waals surface area contributed by atoms with Crippen LogP contribution in [-0.2, 0) is 14.3 Å².